The SMILES string of the molecule is COc1ccccc1/C=C1\Oc2c(ccc3c2CN(C2CC2)CO3)C1=O. The molecule has 1 fully saturated rings. The number of para-hydroxylation sites is 1. The second kappa shape index (κ2) is 5.88. The van der Waals surface area contributed by atoms with Gasteiger partial charge in [-0.15, -0.1) is 0 Å². The lowest BCUT2D eigenvalue weighted by atomic mass is 10.0. The fourth-order valence-electron chi connectivity index (χ4n) is 3.58. The van der Waals surface area contributed by atoms with Crippen LogP contribution in [-0.4, -0.2) is 30.6 Å². The third kappa shape index (κ3) is 2.47. The molecule has 0 aromatic heterocycles. The molecule has 2 aromatic rings. The zero-order valence-electron chi connectivity index (χ0n) is 14.5. The Morgan fingerprint density at radius 2 is 2.04 bits per heavy atom. The predicted molar refractivity (Wildman–Crippen MR) is 96.4 cm³/mol. The molecule has 0 radical (unpaired) electrons. The molecule has 0 unspecified atom stereocenters. The van der Waals surface area contributed by atoms with E-state index in [1.54, 1.807) is 19.3 Å². The van der Waals surface area contributed by atoms with Crippen LogP contribution in [0.25, 0.3) is 6.08 Å². The molecule has 1 saturated carbocycles. The monoisotopic (exact) mass is 349 g/mol. The number of fused-ring (bicyclic) bond motifs is 3. The summed E-state index contributed by atoms with van der Waals surface area (Å²) in [5.74, 6) is 2.38. The number of nitrogens with zero attached hydrogens (tertiary/aromatic N) is 1. The van der Waals surface area contributed by atoms with Crippen LogP contribution >= 0.6 is 0 Å². The number of hydrogen-bond donors (Lipinski definition) is 0. The number of allylic oxidation sites excluding steroid dienone is 1. The zero-order chi connectivity index (χ0) is 17.7. The topological polar surface area (TPSA) is 48.0 Å². The molecule has 0 bridgehead atoms. The van der Waals surface area contributed by atoms with Gasteiger partial charge in [-0.05, 0) is 37.1 Å². The Labute approximate surface area is 151 Å². The van der Waals surface area contributed by atoms with E-state index in [0.29, 0.717) is 35.6 Å². The number of rotatable bonds is 3. The van der Waals surface area contributed by atoms with Crippen molar-refractivity contribution in [1.29, 1.82) is 0 Å². The third-order valence-electron chi connectivity index (χ3n) is 5.13. The van der Waals surface area contributed by atoms with Crippen LogP contribution in [0.5, 0.6) is 17.2 Å². The van der Waals surface area contributed by atoms with Gasteiger partial charge in [-0.1, -0.05) is 18.2 Å². The highest BCUT2D eigenvalue weighted by Crippen LogP contribution is 2.44. The first-order valence-electron chi connectivity index (χ1n) is 8.84. The molecule has 3 aliphatic rings. The molecule has 0 N–H and O–H groups in total. The third-order valence-corrected chi connectivity index (χ3v) is 5.13. The van der Waals surface area contributed by atoms with Crippen LogP contribution in [0.2, 0.25) is 0 Å². The number of ketones is 1. The fraction of sp³-hybridized carbons (Fsp3) is 0.286. The van der Waals surface area contributed by atoms with Gasteiger partial charge in [0.1, 0.15) is 24.0 Å². The number of benzene rings is 2. The summed E-state index contributed by atoms with van der Waals surface area (Å²) in [6.45, 7) is 1.37. The minimum absolute atomic E-state index is 0.0998. The van der Waals surface area contributed by atoms with Gasteiger partial charge in [0.05, 0.1) is 18.2 Å². The van der Waals surface area contributed by atoms with E-state index >= 15 is 0 Å². The van der Waals surface area contributed by atoms with E-state index in [0.717, 1.165) is 23.4 Å². The predicted octanol–water partition coefficient (Wildman–Crippen LogP) is 3.63. The van der Waals surface area contributed by atoms with Gasteiger partial charge in [0, 0.05) is 18.2 Å². The first-order valence-corrected chi connectivity index (χ1v) is 8.84. The summed E-state index contributed by atoms with van der Waals surface area (Å²) in [6, 6.07) is 11.8. The molecule has 0 saturated heterocycles. The highest BCUT2D eigenvalue weighted by Gasteiger charge is 2.37. The number of carbonyl (C=O) groups is 1. The molecule has 0 atom stereocenters. The summed E-state index contributed by atoms with van der Waals surface area (Å²) >= 11 is 0. The van der Waals surface area contributed by atoms with E-state index in [9.17, 15) is 4.79 Å². The van der Waals surface area contributed by atoms with Crippen molar-refractivity contribution in [2.24, 2.45) is 0 Å². The standard InChI is InChI=1S/C21H19NO4/c1-24-17-5-3-2-4-13(17)10-19-20(23)15-8-9-18-16(21(15)26-19)11-22(12-25-18)14-6-7-14/h2-5,8-10,14H,6-7,11-12H2,1H3/b19-10-. The molecule has 5 nitrogen and oxygen atoms in total. The van der Waals surface area contributed by atoms with Crippen molar-refractivity contribution in [2.75, 3.05) is 13.8 Å². The van der Waals surface area contributed by atoms with Crippen LogP contribution in [-0.2, 0) is 6.54 Å². The number of Topliss-reactive ketones (excluding diaryl/α,β-unsaturated/α-hetero) is 1. The van der Waals surface area contributed by atoms with Gasteiger partial charge in [-0.25, -0.2) is 0 Å². The summed E-state index contributed by atoms with van der Waals surface area (Å²) < 4.78 is 17.3. The lowest BCUT2D eigenvalue weighted by Crippen LogP contribution is -2.33. The molecule has 26 heavy (non-hydrogen) atoms. The minimum atomic E-state index is -0.0998. The van der Waals surface area contributed by atoms with Crippen LogP contribution in [0, 0.1) is 0 Å². The van der Waals surface area contributed by atoms with Crippen molar-refractivity contribution in [3.63, 3.8) is 0 Å². The lowest BCUT2D eigenvalue weighted by molar-refractivity contribution is 0.0868. The van der Waals surface area contributed by atoms with Crippen molar-refractivity contribution in [3.8, 4) is 17.2 Å². The molecule has 1 aliphatic carbocycles. The average molecular weight is 349 g/mol. The Morgan fingerprint density at radius 1 is 1.19 bits per heavy atom. The summed E-state index contributed by atoms with van der Waals surface area (Å²) in [5, 5.41) is 0. The number of carbonyl (C=O) groups excluding carboxylic acids is 1. The van der Waals surface area contributed by atoms with Gasteiger partial charge >= 0.3 is 0 Å². The van der Waals surface area contributed by atoms with Crippen molar-refractivity contribution in [2.45, 2.75) is 25.4 Å². The largest absolute Gasteiger partial charge is 0.496 e. The van der Waals surface area contributed by atoms with E-state index in [4.69, 9.17) is 14.2 Å². The van der Waals surface area contributed by atoms with Gasteiger partial charge in [0.25, 0.3) is 0 Å². The maximum Gasteiger partial charge on any atom is 0.231 e. The van der Waals surface area contributed by atoms with Crippen LogP contribution < -0.4 is 14.2 Å². The lowest BCUT2D eigenvalue weighted by Gasteiger charge is -2.29. The quantitative estimate of drug-likeness (QED) is 0.792. The zero-order valence-corrected chi connectivity index (χ0v) is 14.5. The fourth-order valence-corrected chi connectivity index (χ4v) is 3.58. The maximum absolute atomic E-state index is 12.8. The van der Waals surface area contributed by atoms with Crippen LogP contribution in [0.3, 0.4) is 0 Å². The molecule has 0 spiro atoms. The number of methoxy groups -OCH3 is 1. The summed E-state index contributed by atoms with van der Waals surface area (Å²) in [7, 11) is 1.61. The van der Waals surface area contributed by atoms with Gasteiger partial charge in [0.2, 0.25) is 5.78 Å². The van der Waals surface area contributed by atoms with E-state index < -0.39 is 0 Å². The summed E-state index contributed by atoms with van der Waals surface area (Å²) in [5.41, 5.74) is 2.39. The average Bonchev–Trinajstić information content (AvgIpc) is 3.48. The Bertz CT molecular complexity index is 930. The van der Waals surface area contributed by atoms with Crippen LogP contribution in [0.1, 0.15) is 34.3 Å². The molecule has 0 amide bonds. The molecule has 5 heteroatoms. The Balaban J connectivity index is 1.52. The Kier molecular flexibility index (Phi) is 3.50. The summed E-state index contributed by atoms with van der Waals surface area (Å²) in [6.07, 6.45) is 4.18. The van der Waals surface area contributed by atoms with Crippen LogP contribution in [0.15, 0.2) is 42.2 Å². The van der Waals surface area contributed by atoms with E-state index in [-0.39, 0.29) is 5.78 Å². The molecule has 132 valence electrons. The summed E-state index contributed by atoms with van der Waals surface area (Å²) in [4.78, 5) is 15.1. The Morgan fingerprint density at radius 3 is 2.85 bits per heavy atom. The Hall–Kier alpha value is -2.79. The molecule has 2 aliphatic heterocycles. The molecule has 5 rings (SSSR count). The van der Waals surface area contributed by atoms with E-state index in [2.05, 4.69) is 4.90 Å². The van der Waals surface area contributed by atoms with Crippen molar-refractivity contribution in [1.82, 2.24) is 4.90 Å². The number of ether oxygens (including phenoxy) is 3. The van der Waals surface area contributed by atoms with Crippen molar-refractivity contribution in [3.05, 3.63) is 58.8 Å². The first kappa shape index (κ1) is 15.5. The van der Waals surface area contributed by atoms with Crippen LogP contribution in [0.4, 0.5) is 0 Å². The first-order chi connectivity index (χ1) is 12.7. The molecular formula is C21H19NO4. The van der Waals surface area contributed by atoms with Crippen molar-refractivity contribution >= 4 is 11.9 Å². The van der Waals surface area contributed by atoms with Gasteiger partial charge in [-0.2, -0.15) is 0 Å². The van der Waals surface area contributed by atoms with E-state index in [1.165, 1.54) is 12.8 Å². The normalized spacial score (nSPS) is 20.3. The molecular weight excluding hydrogens is 330 g/mol. The van der Waals surface area contributed by atoms with E-state index in [1.807, 2.05) is 30.3 Å². The maximum atomic E-state index is 12.8. The van der Waals surface area contributed by atoms with Crippen molar-refractivity contribution < 1.29 is 19.0 Å². The highest BCUT2D eigenvalue weighted by atomic mass is 16.5. The van der Waals surface area contributed by atoms with Gasteiger partial charge < -0.3 is 14.2 Å². The smallest absolute Gasteiger partial charge is 0.231 e. The van der Waals surface area contributed by atoms with Gasteiger partial charge in [0.15, 0.2) is 5.76 Å². The second-order valence-electron chi connectivity index (χ2n) is 6.85. The van der Waals surface area contributed by atoms with Gasteiger partial charge in [-0.3, -0.25) is 9.69 Å². The second-order valence-corrected chi connectivity index (χ2v) is 6.85. The molecule has 2 heterocycles. The number of hydrogen-bond acceptors (Lipinski definition) is 5. The minimum Gasteiger partial charge on any atom is -0.496 e. The highest BCUT2D eigenvalue weighted by molar-refractivity contribution is 6.15. The molecule has 2 aromatic carbocycles.